The summed E-state index contributed by atoms with van der Waals surface area (Å²) in [6.07, 6.45) is -2.68. The molecule has 2 rings (SSSR count). The van der Waals surface area contributed by atoms with Gasteiger partial charge in [0.05, 0.1) is 11.3 Å². The minimum absolute atomic E-state index is 0.252. The van der Waals surface area contributed by atoms with E-state index >= 15 is 0 Å². The van der Waals surface area contributed by atoms with Crippen molar-refractivity contribution in [2.24, 2.45) is 7.05 Å². The van der Waals surface area contributed by atoms with Crippen LogP contribution < -0.4 is 5.32 Å². The minimum atomic E-state index is -4.33. The summed E-state index contributed by atoms with van der Waals surface area (Å²) in [5.41, 5.74) is 0.577. The van der Waals surface area contributed by atoms with E-state index in [9.17, 15) is 13.2 Å². The molecular weight excluding hydrogens is 267 g/mol. The fourth-order valence-corrected chi connectivity index (χ4v) is 2.08. The zero-order valence-corrected chi connectivity index (χ0v) is 11.3. The van der Waals surface area contributed by atoms with Gasteiger partial charge in [0.15, 0.2) is 0 Å². The quantitative estimate of drug-likeness (QED) is 0.933. The number of hydrogen-bond acceptors (Lipinski definition) is 2. The lowest BCUT2D eigenvalue weighted by atomic mass is 10.0. The van der Waals surface area contributed by atoms with Crippen LogP contribution in [0.3, 0.4) is 0 Å². The standard InChI is InChI=1S/C14H16F3N3/c1-10(18-9-11-7-8-19-20(11)2)12-5-3-4-6-13(12)14(15,16)17/h3-8,10,18H,9H2,1-2H3. The summed E-state index contributed by atoms with van der Waals surface area (Å²) in [6, 6.07) is 7.06. The molecule has 2 aromatic rings. The Balaban J connectivity index is 2.14. The van der Waals surface area contributed by atoms with Gasteiger partial charge in [0.2, 0.25) is 0 Å². The summed E-state index contributed by atoms with van der Waals surface area (Å²) >= 11 is 0. The molecule has 1 aromatic carbocycles. The van der Waals surface area contributed by atoms with Crippen LogP contribution >= 0.6 is 0 Å². The third kappa shape index (κ3) is 3.19. The molecule has 0 aliphatic rings. The number of alkyl halides is 3. The van der Waals surface area contributed by atoms with E-state index in [1.54, 1.807) is 30.9 Å². The van der Waals surface area contributed by atoms with Crippen molar-refractivity contribution in [1.82, 2.24) is 15.1 Å². The number of hydrogen-bond donors (Lipinski definition) is 1. The molecule has 1 heterocycles. The Kier molecular flexibility index (Phi) is 4.13. The molecule has 0 saturated heterocycles. The average molecular weight is 283 g/mol. The normalized spacial score (nSPS) is 13.4. The Morgan fingerprint density at radius 1 is 1.25 bits per heavy atom. The highest BCUT2D eigenvalue weighted by molar-refractivity contribution is 5.32. The highest BCUT2D eigenvalue weighted by Crippen LogP contribution is 2.34. The molecule has 3 nitrogen and oxygen atoms in total. The second kappa shape index (κ2) is 5.66. The fraction of sp³-hybridized carbons (Fsp3) is 0.357. The second-order valence-electron chi connectivity index (χ2n) is 4.63. The number of nitrogens with one attached hydrogen (secondary N) is 1. The Bertz CT molecular complexity index is 575. The van der Waals surface area contributed by atoms with Crippen molar-refractivity contribution in [2.45, 2.75) is 25.7 Å². The molecule has 1 unspecified atom stereocenters. The SMILES string of the molecule is CC(NCc1ccnn1C)c1ccccc1C(F)(F)F. The number of benzene rings is 1. The van der Waals surface area contributed by atoms with Crippen molar-refractivity contribution in [3.63, 3.8) is 0 Å². The Morgan fingerprint density at radius 2 is 1.95 bits per heavy atom. The maximum absolute atomic E-state index is 12.9. The number of halogens is 3. The summed E-state index contributed by atoms with van der Waals surface area (Å²) in [6.45, 7) is 2.19. The molecule has 20 heavy (non-hydrogen) atoms. The van der Waals surface area contributed by atoms with E-state index in [2.05, 4.69) is 10.4 Å². The second-order valence-corrected chi connectivity index (χ2v) is 4.63. The van der Waals surface area contributed by atoms with Crippen LogP contribution in [0.5, 0.6) is 0 Å². The predicted octanol–water partition coefficient (Wildman–Crippen LogP) is 3.29. The molecule has 0 spiro atoms. The molecule has 0 amide bonds. The summed E-state index contributed by atoms with van der Waals surface area (Å²) in [5, 5.41) is 7.11. The number of rotatable bonds is 4. The van der Waals surface area contributed by atoms with Crippen molar-refractivity contribution in [2.75, 3.05) is 0 Å². The topological polar surface area (TPSA) is 29.9 Å². The van der Waals surface area contributed by atoms with Gasteiger partial charge in [-0.3, -0.25) is 4.68 Å². The largest absolute Gasteiger partial charge is 0.416 e. The molecule has 1 N–H and O–H groups in total. The average Bonchev–Trinajstić information content (AvgIpc) is 2.80. The van der Waals surface area contributed by atoms with Crippen molar-refractivity contribution in [1.29, 1.82) is 0 Å². The van der Waals surface area contributed by atoms with Gasteiger partial charge in [0.1, 0.15) is 0 Å². The van der Waals surface area contributed by atoms with Crippen LogP contribution in [0.1, 0.15) is 29.8 Å². The van der Waals surface area contributed by atoms with Crippen LogP contribution in [0.2, 0.25) is 0 Å². The third-order valence-corrected chi connectivity index (χ3v) is 3.24. The van der Waals surface area contributed by atoms with Gasteiger partial charge in [-0.15, -0.1) is 0 Å². The van der Waals surface area contributed by atoms with Gasteiger partial charge in [0.25, 0.3) is 0 Å². The predicted molar refractivity (Wildman–Crippen MR) is 69.9 cm³/mol. The third-order valence-electron chi connectivity index (χ3n) is 3.24. The first-order valence-electron chi connectivity index (χ1n) is 6.26. The van der Waals surface area contributed by atoms with Gasteiger partial charge >= 0.3 is 6.18 Å². The smallest absolute Gasteiger partial charge is 0.305 e. The van der Waals surface area contributed by atoms with Crippen LogP contribution in [0.4, 0.5) is 13.2 Å². The molecule has 1 aromatic heterocycles. The first-order valence-corrected chi connectivity index (χ1v) is 6.26. The van der Waals surface area contributed by atoms with Gasteiger partial charge in [-0.2, -0.15) is 18.3 Å². The van der Waals surface area contributed by atoms with Gasteiger partial charge in [-0.05, 0) is 24.6 Å². The van der Waals surface area contributed by atoms with E-state index in [0.29, 0.717) is 6.54 Å². The van der Waals surface area contributed by atoms with E-state index in [1.807, 2.05) is 6.07 Å². The summed E-state index contributed by atoms with van der Waals surface area (Å²) in [5.74, 6) is 0. The van der Waals surface area contributed by atoms with Crippen LogP contribution in [-0.4, -0.2) is 9.78 Å². The van der Waals surface area contributed by atoms with E-state index in [-0.39, 0.29) is 5.56 Å². The van der Waals surface area contributed by atoms with E-state index in [4.69, 9.17) is 0 Å². The molecule has 0 radical (unpaired) electrons. The van der Waals surface area contributed by atoms with Crippen LogP contribution in [-0.2, 0) is 19.8 Å². The summed E-state index contributed by atoms with van der Waals surface area (Å²) in [4.78, 5) is 0. The fourth-order valence-electron chi connectivity index (χ4n) is 2.08. The lowest BCUT2D eigenvalue weighted by Crippen LogP contribution is -2.22. The Morgan fingerprint density at radius 3 is 2.55 bits per heavy atom. The molecule has 0 bridgehead atoms. The monoisotopic (exact) mass is 283 g/mol. The van der Waals surface area contributed by atoms with Crippen molar-refractivity contribution >= 4 is 0 Å². The number of aryl methyl sites for hydroxylation is 1. The first-order chi connectivity index (χ1) is 9.39. The molecule has 0 aliphatic heterocycles. The van der Waals surface area contributed by atoms with Crippen molar-refractivity contribution in [3.8, 4) is 0 Å². The van der Waals surface area contributed by atoms with Crippen molar-refractivity contribution < 1.29 is 13.2 Å². The molecule has 108 valence electrons. The minimum Gasteiger partial charge on any atom is -0.305 e. The van der Waals surface area contributed by atoms with Gasteiger partial charge < -0.3 is 5.32 Å². The van der Waals surface area contributed by atoms with Gasteiger partial charge in [-0.1, -0.05) is 18.2 Å². The number of aromatic nitrogens is 2. The lowest BCUT2D eigenvalue weighted by molar-refractivity contribution is -0.138. The highest BCUT2D eigenvalue weighted by atomic mass is 19.4. The van der Waals surface area contributed by atoms with Crippen LogP contribution in [0.15, 0.2) is 36.5 Å². The Hall–Kier alpha value is -1.82. The van der Waals surface area contributed by atoms with Crippen LogP contribution in [0, 0.1) is 0 Å². The summed E-state index contributed by atoms with van der Waals surface area (Å²) < 4.78 is 40.5. The van der Waals surface area contributed by atoms with E-state index < -0.39 is 17.8 Å². The first kappa shape index (κ1) is 14.6. The molecule has 0 aliphatic carbocycles. The van der Waals surface area contributed by atoms with Gasteiger partial charge in [-0.25, -0.2) is 0 Å². The molecule has 0 saturated carbocycles. The van der Waals surface area contributed by atoms with Crippen LogP contribution in [0.25, 0.3) is 0 Å². The summed E-state index contributed by atoms with van der Waals surface area (Å²) in [7, 11) is 1.80. The maximum atomic E-state index is 12.9. The van der Waals surface area contributed by atoms with E-state index in [1.165, 1.54) is 12.1 Å². The molecule has 6 heteroatoms. The zero-order chi connectivity index (χ0) is 14.8. The van der Waals surface area contributed by atoms with Gasteiger partial charge in [0, 0.05) is 25.8 Å². The molecule has 1 atom stereocenters. The molecular formula is C14H16F3N3. The van der Waals surface area contributed by atoms with E-state index in [0.717, 1.165) is 11.8 Å². The highest BCUT2D eigenvalue weighted by Gasteiger charge is 2.34. The molecule has 0 fully saturated rings. The zero-order valence-electron chi connectivity index (χ0n) is 11.3. The number of nitrogens with zero attached hydrogens (tertiary/aromatic N) is 2. The Labute approximate surface area is 115 Å². The maximum Gasteiger partial charge on any atom is 0.416 e. The lowest BCUT2D eigenvalue weighted by Gasteiger charge is -2.19. The van der Waals surface area contributed by atoms with Crippen molar-refractivity contribution in [3.05, 3.63) is 53.3 Å².